The molecular weight excluding hydrogens is 454 g/mol. The number of nitrogens with two attached hydrogens (primary N) is 1. The Balaban J connectivity index is 2.21. The molecule has 29 heavy (non-hydrogen) atoms. The van der Waals surface area contributed by atoms with Crippen molar-refractivity contribution in [2.24, 2.45) is 5.73 Å². The normalized spacial score (nSPS) is 18.5. The number of rotatable bonds is 5. The Bertz CT molecular complexity index is 1070. The quantitative estimate of drug-likeness (QED) is 0.516. The Morgan fingerprint density at radius 3 is 2.41 bits per heavy atom. The fourth-order valence-electron chi connectivity index (χ4n) is 3.32. The number of amides is 3. The zero-order chi connectivity index (χ0) is 21.5. The van der Waals surface area contributed by atoms with Crippen LogP contribution >= 0.6 is 15.9 Å². The van der Waals surface area contributed by atoms with E-state index in [4.69, 9.17) is 5.73 Å². The average Bonchev–Trinajstić information content (AvgIpc) is 2.63. The van der Waals surface area contributed by atoms with Crippen LogP contribution in [0.25, 0.3) is 0 Å². The number of hydrogen-bond donors (Lipinski definition) is 2. The number of fused-ring (bicyclic) bond motifs is 1. The molecule has 150 valence electrons. The van der Waals surface area contributed by atoms with Gasteiger partial charge in [0.05, 0.1) is 13.0 Å². The summed E-state index contributed by atoms with van der Waals surface area (Å²) < 4.78 is 28.5. The standard InChI is InChI=1S/C19H13BrF2N2O5/c20-10-2-1-9(14(22)5-10)8-24-16(26)12-4-3-11(21)6-13(12)19(17(24)27,18(28)29)7-15(23)25/h1-6H,7-8H2,(H2,23,25)(H,28,29). The molecule has 1 heterocycles. The largest absolute Gasteiger partial charge is 0.480 e. The molecule has 10 heteroatoms. The Morgan fingerprint density at radius 2 is 1.83 bits per heavy atom. The van der Waals surface area contributed by atoms with Gasteiger partial charge in [0.25, 0.3) is 11.8 Å². The molecule has 0 aromatic heterocycles. The number of imide groups is 1. The highest BCUT2D eigenvalue weighted by molar-refractivity contribution is 9.10. The first kappa shape index (κ1) is 20.6. The van der Waals surface area contributed by atoms with E-state index in [1.807, 2.05) is 0 Å². The number of carbonyl (C=O) groups excluding carboxylic acids is 3. The zero-order valence-corrected chi connectivity index (χ0v) is 16.2. The van der Waals surface area contributed by atoms with Gasteiger partial charge >= 0.3 is 5.97 Å². The van der Waals surface area contributed by atoms with Crippen LogP contribution in [0, 0.1) is 11.6 Å². The molecule has 0 saturated heterocycles. The molecule has 0 bridgehead atoms. The third kappa shape index (κ3) is 3.39. The Morgan fingerprint density at radius 1 is 1.14 bits per heavy atom. The molecule has 3 amide bonds. The van der Waals surface area contributed by atoms with Crippen molar-refractivity contribution in [2.75, 3.05) is 0 Å². The third-order valence-corrected chi connectivity index (χ3v) is 5.17. The van der Waals surface area contributed by atoms with Crippen molar-refractivity contribution in [3.05, 3.63) is 69.2 Å². The molecule has 0 spiro atoms. The smallest absolute Gasteiger partial charge is 0.324 e. The van der Waals surface area contributed by atoms with Crippen molar-refractivity contribution in [2.45, 2.75) is 18.4 Å². The fourth-order valence-corrected chi connectivity index (χ4v) is 3.65. The summed E-state index contributed by atoms with van der Waals surface area (Å²) in [6.45, 7) is -0.582. The highest BCUT2D eigenvalue weighted by atomic mass is 79.9. The van der Waals surface area contributed by atoms with E-state index in [0.29, 0.717) is 9.37 Å². The van der Waals surface area contributed by atoms with Crippen LogP contribution in [0.15, 0.2) is 40.9 Å². The summed E-state index contributed by atoms with van der Waals surface area (Å²) in [5.74, 6) is -6.78. The van der Waals surface area contributed by atoms with Crippen LogP contribution in [-0.4, -0.2) is 33.7 Å². The number of hydrogen-bond acceptors (Lipinski definition) is 4. The summed E-state index contributed by atoms with van der Waals surface area (Å²) >= 11 is 3.09. The molecule has 2 aromatic carbocycles. The van der Waals surface area contributed by atoms with Gasteiger partial charge in [-0.1, -0.05) is 22.0 Å². The molecule has 3 rings (SSSR count). The Kier molecular flexibility index (Phi) is 5.22. The van der Waals surface area contributed by atoms with E-state index in [9.17, 15) is 33.1 Å². The van der Waals surface area contributed by atoms with Crippen LogP contribution in [0.4, 0.5) is 8.78 Å². The maximum Gasteiger partial charge on any atom is 0.324 e. The van der Waals surface area contributed by atoms with E-state index >= 15 is 0 Å². The maximum absolute atomic E-state index is 14.3. The first-order chi connectivity index (χ1) is 13.6. The monoisotopic (exact) mass is 466 g/mol. The van der Waals surface area contributed by atoms with E-state index in [1.165, 1.54) is 12.1 Å². The van der Waals surface area contributed by atoms with Crippen molar-refractivity contribution in [3.63, 3.8) is 0 Å². The van der Waals surface area contributed by atoms with Gasteiger partial charge in [0.1, 0.15) is 11.6 Å². The summed E-state index contributed by atoms with van der Waals surface area (Å²) in [7, 11) is 0. The number of carbonyl (C=O) groups is 4. The molecular formula is C19H13BrF2N2O5. The molecule has 1 aliphatic rings. The number of benzene rings is 2. The van der Waals surface area contributed by atoms with E-state index in [1.54, 1.807) is 0 Å². The van der Waals surface area contributed by atoms with Gasteiger partial charge in [-0.15, -0.1) is 0 Å². The summed E-state index contributed by atoms with van der Waals surface area (Å²) in [4.78, 5) is 50.3. The van der Waals surface area contributed by atoms with E-state index in [2.05, 4.69) is 15.9 Å². The molecule has 0 fully saturated rings. The Labute approximate surface area is 171 Å². The van der Waals surface area contributed by atoms with Gasteiger partial charge in [-0.3, -0.25) is 24.1 Å². The predicted molar refractivity (Wildman–Crippen MR) is 98.5 cm³/mol. The molecule has 0 radical (unpaired) electrons. The highest BCUT2D eigenvalue weighted by Crippen LogP contribution is 2.39. The van der Waals surface area contributed by atoms with Crippen LogP contribution in [0.2, 0.25) is 0 Å². The SMILES string of the molecule is NC(=O)CC1(C(=O)O)C(=O)N(Cc2ccc(Br)cc2F)C(=O)c2ccc(F)cc21. The lowest BCUT2D eigenvalue weighted by Gasteiger charge is -2.38. The first-order valence-corrected chi connectivity index (χ1v) is 8.99. The van der Waals surface area contributed by atoms with Crippen molar-refractivity contribution in [1.82, 2.24) is 4.90 Å². The van der Waals surface area contributed by atoms with Crippen LogP contribution in [0.1, 0.15) is 27.9 Å². The molecule has 2 aromatic rings. The van der Waals surface area contributed by atoms with Crippen molar-refractivity contribution in [3.8, 4) is 0 Å². The second-order valence-electron chi connectivity index (χ2n) is 6.48. The minimum absolute atomic E-state index is 0.0566. The number of carboxylic acid groups (broad SMARTS) is 1. The van der Waals surface area contributed by atoms with E-state index in [0.717, 1.165) is 24.3 Å². The minimum atomic E-state index is -2.61. The second kappa shape index (κ2) is 7.36. The summed E-state index contributed by atoms with van der Waals surface area (Å²) in [6.07, 6.45) is -0.996. The van der Waals surface area contributed by atoms with Gasteiger partial charge in [-0.25, -0.2) is 8.78 Å². The van der Waals surface area contributed by atoms with Crippen molar-refractivity contribution in [1.29, 1.82) is 0 Å². The molecule has 1 atom stereocenters. The van der Waals surface area contributed by atoms with Gasteiger partial charge < -0.3 is 10.8 Å². The van der Waals surface area contributed by atoms with Gasteiger partial charge in [0, 0.05) is 15.6 Å². The van der Waals surface area contributed by atoms with Gasteiger partial charge in [-0.05, 0) is 35.9 Å². The van der Waals surface area contributed by atoms with E-state index in [-0.39, 0.29) is 11.1 Å². The zero-order valence-electron chi connectivity index (χ0n) is 14.6. The summed E-state index contributed by atoms with van der Waals surface area (Å²) in [5, 5.41) is 9.84. The maximum atomic E-state index is 14.3. The first-order valence-electron chi connectivity index (χ1n) is 8.20. The number of carboxylic acids is 1. The number of primary amides is 1. The molecule has 1 unspecified atom stereocenters. The molecule has 0 aliphatic carbocycles. The molecule has 1 aliphatic heterocycles. The van der Waals surface area contributed by atoms with Gasteiger partial charge in [0.2, 0.25) is 5.91 Å². The molecule has 0 saturated carbocycles. The molecule has 3 N–H and O–H groups in total. The van der Waals surface area contributed by atoms with Crippen LogP contribution in [0.5, 0.6) is 0 Å². The van der Waals surface area contributed by atoms with Crippen LogP contribution in [0.3, 0.4) is 0 Å². The predicted octanol–water partition coefficient (Wildman–Crippen LogP) is 2.11. The molecule has 7 nitrogen and oxygen atoms in total. The van der Waals surface area contributed by atoms with Crippen LogP contribution < -0.4 is 5.73 Å². The van der Waals surface area contributed by atoms with Gasteiger partial charge in [-0.2, -0.15) is 0 Å². The summed E-state index contributed by atoms with van der Waals surface area (Å²) in [6, 6.07) is 6.57. The minimum Gasteiger partial charge on any atom is -0.480 e. The average molecular weight is 467 g/mol. The van der Waals surface area contributed by atoms with Gasteiger partial charge in [0.15, 0.2) is 5.41 Å². The topological polar surface area (TPSA) is 118 Å². The highest BCUT2D eigenvalue weighted by Gasteiger charge is 2.57. The second-order valence-corrected chi connectivity index (χ2v) is 7.39. The van der Waals surface area contributed by atoms with E-state index < -0.39 is 59.3 Å². The number of halogens is 3. The lowest BCUT2D eigenvalue weighted by atomic mass is 9.71. The van der Waals surface area contributed by atoms with Crippen molar-refractivity contribution < 1.29 is 33.1 Å². The van der Waals surface area contributed by atoms with Crippen molar-refractivity contribution >= 4 is 39.6 Å². The lowest BCUT2D eigenvalue weighted by molar-refractivity contribution is -0.156. The third-order valence-electron chi connectivity index (χ3n) is 4.68. The number of aliphatic carboxylic acids is 1. The summed E-state index contributed by atoms with van der Waals surface area (Å²) in [5.41, 5.74) is 1.74. The van der Waals surface area contributed by atoms with Crippen LogP contribution in [-0.2, 0) is 26.3 Å². The fraction of sp³-hybridized carbons (Fsp3) is 0.158. The lowest BCUT2D eigenvalue weighted by Crippen LogP contribution is -2.59. The Hall–Kier alpha value is -3.14. The number of nitrogens with zero attached hydrogens (tertiary/aromatic N) is 1.